The number of hydrogen-bond donors (Lipinski definition) is 2. The number of fused-ring (bicyclic) bond motifs is 2. The molecule has 2 amide bonds. The molecular weight excluding hydrogens is 334 g/mol. The quantitative estimate of drug-likeness (QED) is 0.808. The minimum Gasteiger partial charge on any atom is -0.477 e. The van der Waals surface area contributed by atoms with Gasteiger partial charge in [0.25, 0.3) is 10.0 Å². The topological polar surface area (TPSA) is 106 Å². The van der Waals surface area contributed by atoms with Gasteiger partial charge in [0.2, 0.25) is 5.88 Å². The molecule has 2 fully saturated rings. The number of sulfonamides is 1. The monoisotopic (exact) mass is 355 g/mol. The lowest BCUT2D eigenvalue weighted by Gasteiger charge is -2.19. The van der Waals surface area contributed by atoms with Crippen LogP contribution in [0.3, 0.4) is 0 Å². The second-order valence-corrected chi connectivity index (χ2v) is 8.29. The lowest BCUT2D eigenvalue weighted by molar-refractivity contribution is 0.195. The summed E-state index contributed by atoms with van der Waals surface area (Å²) in [6.07, 6.45) is 5.61. The summed E-state index contributed by atoms with van der Waals surface area (Å²) >= 11 is 0. The number of nitrogens with zero attached hydrogens (tertiary/aromatic N) is 3. The Morgan fingerprint density at radius 1 is 1.25 bits per heavy atom. The van der Waals surface area contributed by atoms with Crippen molar-refractivity contribution in [3.05, 3.63) is 6.20 Å². The molecule has 0 spiro atoms. The summed E-state index contributed by atoms with van der Waals surface area (Å²) in [4.78, 5) is 12.0. The predicted octanol–water partition coefficient (Wildman–Crippen LogP) is 0.300. The lowest BCUT2D eigenvalue weighted by Crippen LogP contribution is -2.48. The van der Waals surface area contributed by atoms with E-state index in [4.69, 9.17) is 4.74 Å². The van der Waals surface area contributed by atoms with Crippen molar-refractivity contribution < 1.29 is 17.9 Å². The van der Waals surface area contributed by atoms with Crippen LogP contribution in [0.5, 0.6) is 5.88 Å². The average Bonchev–Trinajstić information content (AvgIpc) is 3.19. The van der Waals surface area contributed by atoms with Gasteiger partial charge in [-0.3, -0.25) is 5.43 Å². The van der Waals surface area contributed by atoms with Crippen LogP contribution in [0.2, 0.25) is 0 Å². The Labute approximate surface area is 140 Å². The van der Waals surface area contributed by atoms with Gasteiger partial charge < -0.3 is 4.74 Å². The molecule has 3 heterocycles. The summed E-state index contributed by atoms with van der Waals surface area (Å²) in [5.41, 5.74) is 2.64. The molecular formula is C14H21N5O4S. The maximum absolute atomic E-state index is 12.4. The number of carbonyl (C=O) groups excluding carboxylic acids is 1. The van der Waals surface area contributed by atoms with Crippen LogP contribution in [0.4, 0.5) is 4.79 Å². The van der Waals surface area contributed by atoms with Gasteiger partial charge in [0.1, 0.15) is 0 Å². The van der Waals surface area contributed by atoms with Crippen LogP contribution in [0.25, 0.3) is 0 Å². The zero-order valence-electron chi connectivity index (χ0n) is 13.3. The molecule has 24 heavy (non-hydrogen) atoms. The van der Waals surface area contributed by atoms with Crippen LogP contribution in [-0.2, 0) is 16.6 Å². The van der Waals surface area contributed by atoms with Gasteiger partial charge in [0.05, 0.1) is 12.8 Å². The molecule has 2 atom stereocenters. The summed E-state index contributed by atoms with van der Waals surface area (Å²) in [5, 5.41) is 5.81. The molecule has 4 rings (SSSR count). The second kappa shape index (κ2) is 5.92. The van der Waals surface area contributed by atoms with Gasteiger partial charge >= 0.3 is 6.03 Å². The van der Waals surface area contributed by atoms with Crippen molar-refractivity contribution in [1.29, 1.82) is 0 Å². The van der Waals surface area contributed by atoms with Gasteiger partial charge in [0, 0.05) is 26.1 Å². The van der Waals surface area contributed by atoms with Crippen LogP contribution < -0.4 is 14.9 Å². The van der Waals surface area contributed by atoms with E-state index in [2.05, 4.69) is 10.5 Å². The standard InChI is InChI=1S/C14H21N5O4S/c20-14(16-18-8-10-3-1-4-11(10)9-18)17-24(21,22)12-7-15-19-5-2-6-23-13(12)19/h7,10-11H,1-6,8-9H2,(H2,16,17,20). The number of urea groups is 1. The van der Waals surface area contributed by atoms with Gasteiger partial charge in [-0.2, -0.15) is 5.10 Å². The van der Waals surface area contributed by atoms with Gasteiger partial charge in [0.15, 0.2) is 4.90 Å². The molecule has 1 aromatic heterocycles. The summed E-state index contributed by atoms with van der Waals surface area (Å²) < 4.78 is 33.8. The highest BCUT2D eigenvalue weighted by atomic mass is 32.2. The number of nitrogens with one attached hydrogen (secondary N) is 2. The third kappa shape index (κ3) is 2.84. The molecule has 10 heteroatoms. The first kappa shape index (κ1) is 15.7. The molecule has 0 radical (unpaired) electrons. The number of amides is 2. The molecule has 1 saturated carbocycles. The van der Waals surface area contributed by atoms with E-state index in [9.17, 15) is 13.2 Å². The van der Waals surface area contributed by atoms with E-state index < -0.39 is 16.1 Å². The fourth-order valence-corrected chi connectivity index (χ4v) is 4.88. The maximum atomic E-state index is 12.4. The molecule has 0 bridgehead atoms. The Hall–Kier alpha value is -1.81. The van der Waals surface area contributed by atoms with Crippen molar-refractivity contribution in [3.8, 4) is 5.88 Å². The predicted molar refractivity (Wildman–Crippen MR) is 83.6 cm³/mol. The van der Waals surface area contributed by atoms with E-state index in [0.29, 0.717) is 25.0 Å². The normalized spacial score (nSPS) is 26.5. The Morgan fingerprint density at radius 3 is 2.75 bits per heavy atom. The van der Waals surface area contributed by atoms with Crippen LogP contribution in [0.15, 0.2) is 11.1 Å². The largest absolute Gasteiger partial charge is 0.477 e. The van der Waals surface area contributed by atoms with Gasteiger partial charge in [-0.25, -0.2) is 27.6 Å². The summed E-state index contributed by atoms with van der Waals surface area (Å²) in [6, 6.07) is -0.745. The Morgan fingerprint density at radius 2 is 2.00 bits per heavy atom. The van der Waals surface area contributed by atoms with E-state index in [-0.39, 0.29) is 10.8 Å². The molecule has 2 aliphatic heterocycles. The zero-order valence-corrected chi connectivity index (χ0v) is 14.1. The van der Waals surface area contributed by atoms with Crippen molar-refractivity contribution in [2.75, 3.05) is 19.7 Å². The fraction of sp³-hybridized carbons (Fsp3) is 0.714. The van der Waals surface area contributed by atoms with Crippen molar-refractivity contribution in [3.63, 3.8) is 0 Å². The summed E-state index contributed by atoms with van der Waals surface area (Å²) in [5.74, 6) is 1.41. The van der Waals surface area contributed by atoms with E-state index in [0.717, 1.165) is 19.5 Å². The smallest absolute Gasteiger partial charge is 0.343 e. The number of aryl methyl sites for hydroxylation is 1. The molecule has 1 aromatic rings. The van der Waals surface area contributed by atoms with E-state index in [1.165, 1.54) is 30.1 Å². The highest BCUT2D eigenvalue weighted by Crippen LogP contribution is 2.36. The van der Waals surface area contributed by atoms with E-state index >= 15 is 0 Å². The summed E-state index contributed by atoms with van der Waals surface area (Å²) in [6.45, 7) is 2.61. The Bertz CT molecular complexity index is 734. The number of carbonyl (C=O) groups is 1. The van der Waals surface area contributed by atoms with Gasteiger partial charge in [-0.1, -0.05) is 6.42 Å². The Kier molecular flexibility index (Phi) is 3.87. The van der Waals surface area contributed by atoms with Gasteiger partial charge in [-0.05, 0) is 24.7 Å². The molecule has 1 saturated heterocycles. The molecule has 132 valence electrons. The second-order valence-electron chi connectivity index (χ2n) is 6.64. The fourth-order valence-electron chi connectivity index (χ4n) is 3.90. The molecule has 1 aliphatic carbocycles. The van der Waals surface area contributed by atoms with Crippen molar-refractivity contribution in [2.24, 2.45) is 11.8 Å². The van der Waals surface area contributed by atoms with Gasteiger partial charge in [-0.15, -0.1) is 0 Å². The maximum Gasteiger partial charge on any atom is 0.343 e. The molecule has 2 N–H and O–H groups in total. The first-order chi connectivity index (χ1) is 11.5. The van der Waals surface area contributed by atoms with Crippen LogP contribution >= 0.6 is 0 Å². The van der Waals surface area contributed by atoms with Crippen LogP contribution in [-0.4, -0.2) is 48.9 Å². The van der Waals surface area contributed by atoms with Crippen molar-refractivity contribution in [2.45, 2.75) is 37.1 Å². The number of ether oxygens (including phenoxy) is 1. The summed E-state index contributed by atoms with van der Waals surface area (Å²) in [7, 11) is -4.01. The first-order valence-electron chi connectivity index (χ1n) is 8.30. The van der Waals surface area contributed by atoms with E-state index in [1.54, 1.807) is 0 Å². The minimum absolute atomic E-state index is 0.101. The van der Waals surface area contributed by atoms with Crippen molar-refractivity contribution >= 4 is 16.1 Å². The highest BCUT2D eigenvalue weighted by Gasteiger charge is 2.37. The number of rotatable bonds is 3. The number of aromatic nitrogens is 2. The number of hydrogen-bond acceptors (Lipinski definition) is 6. The van der Waals surface area contributed by atoms with Crippen LogP contribution in [0, 0.1) is 11.8 Å². The van der Waals surface area contributed by atoms with E-state index in [1.807, 2.05) is 9.73 Å². The zero-order chi connectivity index (χ0) is 16.7. The van der Waals surface area contributed by atoms with Crippen molar-refractivity contribution in [1.82, 2.24) is 24.9 Å². The minimum atomic E-state index is -4.01. The third-order valence-corrected chi connectivity index (χ3v) is 6.33. The molecule has 2 unspecified atom stereocenters. The molecule has 3 aliphatic rings. The number of hydrazine groups is 1. The third-order valence-electron chi connectivity index (χ3n) is 5.02. The first-order valence-corrected chi connectivity index (χ1v) is 9.78. The average molecular weight is 355 g/mol. The van der Waals surface area contributed by atoms with Crippen LogP contribution in [0.1, 0.15) is 25.7 Å². The molecule has 0 aromatic carbocycles. The highest BCUT2D eigenvalue weighted by molar-refractivity contribution is 7.90. The molecule has 9 nitrogen and oxygen atoms in total. The SMILES string of the molecule is O=C(NN1CC2CCCC2C1)NS(=O)(=O)c1cnn2c1OCCC2. The lowest BCUT2D eigenvalue weighted by atomic mass is 10.0. The Balaban J connectivity index is 1.40.